The Hall–Kier alpha value is -2.58. The van der Waals surface area contributed by atoms with E-state index in [1.807, 2.05) is 6.08 Å². The van der Waals surface area contributed by atoms with E-state index in [0.717, 1.165) is 23.5 Å². The van der Waals surface area contributed by atoms with E-state index in [4.69, 9.17) is 0 Å². The quantitative estimate of drug-likeness (QED) is 0.619. The van der Waals surface area contributed by atoms with Crippen LogP contribution in [0.5, 0.6) is 0 Å². The van der Waals surface area contributed by atoms with Gasteiger partial charge in [0.05, 0.1) is 5.70 Å². The van der Waals surface area contributed by atoms with E-state index in [2.05, 4.69) is 42.4 Å². The van der Waals surface area contributed by atoms with Gasteiger partial charge in [0.2, 0.25) is 0 Å². The second kappa shape index (κ2) is 7.81. The van der Waals surface area contributed by atoms with Crippen LogP contribution >= 0.6 is 11.3 Å². The van der Waals surface area contributed by atoms with Crippen molar-refractivity contribution in [2.45, 2.75) is 31.4 Å². The van der Waals surface area contributed by atoms with Crippen LogP contribution in [-0.4, -0.2) is 14.3 Å². The maximum Gasteiger partial charge on any atom is 0.271 e. The van der Waals surface area contributed by atoms with Crippen molar-refractivity contribution < 1.29 is 13.2 Å². The monoisotopic (exact) mass is 417 g/mol. The van der Waals surface area contributed by atoms with Crippen molar-refractivity contribution in [2.24, 2.45) is 5.41 Å². The smallest absolute Gasteiger partial charge is 0.271 e. The fourth-order valence-corrected chi connectivity index (χ4v) is 5.19. The second-order valence-corrected chi connectivity index (χ2v) is 10.3. The number of hydrogen-bond donors (Lipinski definition) is 3. The Balaban J connectivity index is 1.62. The molecule has 0 aliphatic heterocycles. The minimum atomic E-state index is -3.60. The highest BCUT2D eigenvalue weighted by Crippen LogP contribution is 2.31. The third-order valence-electron chi connectivity index (χ3n) is 4.16. The lowest BCUT2D eigenvalue weighted by Gasteiger charge is -2.27. The van der Waals surface area contributed by atoms with E-state index in [1.165, 1.54) is 11.6 Å². The molecule has 3 rings (SSSR count). The summed E-state index contributed by atoms with van der Waals surface area (Å²) in [5, 5.41) is 1.70. The maximum atomic E-state index is 12.4. The van der Waals surface area contributed by atoms with Crippen LogP contribution in [0.15, 0.2) is 69.4 Å². The average molecular weight is 418 g/mol. The van der Waals surface area contributed by atoms with Gasteiger partial charge in [-0.25, -0.2) is 8.42 Å². The number of rotatable bonds is 6. The van der Waals surface area contributed by atoms with E-state index >= 15 is 0 Å². The molecule has 1 amide bonds. The first-order valence-corrected chi connectivity index (χ1v) is 11.1. The fraction of sp³-hybridized carbons (Fsp3) is 0.250. The zero-order chi connectivity index (χ0) is 20.4. The Bertz CT molecular complexity index is 1020. The molecule has 0 spiro atoms. The Labute approximate surface area is 169 Å². The first-order valence-electron chi connectivity index (χ1n) is 8.77. The van der Waals surface area contributed by atoms with Gasteiger partial charge in [-0.3, -0.25) is 20.4 Å². The topological polar surface area (TPSA) is 87.3 Å². The molecule has 0 saturated heterocycles. The molecule has 3 N–H and O–H groups in total. The Morgan fingerprint density at radius 3 is 2.46 bits per heavy atom. The van der Waals surface area contributed by atoms with Gasteiger partial charge < -0.3 is 0 Å². The maximum absolute atomic E-state index is 12.4. The molecule has 0 atom stereocenters. The Morgan fingerprint density at radius 2 is 1.86 bits per heavy atom. The highest BCUT2D eigenvalue weighted by atomic mass is 32.2. The van der Waals surface area contributed by atoms with Crippen molar-refractivity contribution in [3.05, 3.63) is 70.8 Å². The molecule has 1 aromatic carbocycles. The van der Waals surface area contributed by atoms with Crippen LogP contribution < -0.4 is 15.6 Å². The van der Waals surface area contributed by atoms with Crippen LogP contribution in [0.25, 0.3) is 0 Å². The number of nitrogens with one attached hydrogen (secondary N) is 3. The summed E-state index contributed by atoms with van der Waals surface area (Å²) < 4.78 is 27.2. The Kier molecular flexibility index (Phi) is 5.62. The Morgan fingerprint density at radius 1 is 1.14 bits per heavy atom. The number of anilines is 1. The predicted molar refractivity (Wildman–Crippen MR) is 112 cm³/mol. The molecule has 28 heavy (non-hydrogen) atoms. The normalized spacial score (nSPS) is 16.0. The van der Waals surface area contributed by atoms with Gasteiger partial charge in [-0.2, -0.15) is 0 Å². The molecule has 2 aromatic rings. The number of thiophene rings is 1. The highest BCUT2D eigenvalue weighted by molar-refractivity contribution is 7.94. The van der Waals surface area contributed by atoms with Gasteiger partial charge in [0.15, 0.2) is 0 Å². The minimum absolute atomic E-state index is 0.0350. The van der Waals surface area contributed by atoms with Gasteiger partial charge in [0, 0.05) is 11.3 Å². The molecule has 0 fully saturated rings. The van der Waals surface area contributed by atoms with Crippen LogP contribution in [0.2, 0.25) is 0 Å². The number of sulfonamides is 1. The summed E-state index contributed by atoms with van der Waals surface area (Å²) in [6.45, 7) is 6.35. The number of carbonyl (C=O) groups excluding carboxylic acids is 1. The van der Waals surface area contributed by atoms with Gasteiger partial charge in [-0.1, -0.05) is 31.6 Å². The zero-order valence-electron chi connectivity index (χ0n) is 15.9. The molecule has 1 aromatic heterocycles. The standard InChI is InChI=1S/C20H23N3O3S2/c1-14-11-17(13-20(2,3)12-14)21-22-19(24)15-6-8-16(9-7-15)23-28(25,26)18-5-4-10-27-18/h4-11,13,21,23H,12H2,1-3H3,(H,22,24). The number of carbonyl (C=O) groups is 1. The molecule has 1 aliphatic rings. The number of hydrazine groups is 1. The van der Waals surface area contributed by atoms with Crippen molar-refractivity contribution in [3.8, 4) is 0 Å². The summed E-state index contributed by atoms with van der Waals surface area (Å²) in [6.07, 6.45) is 5.08. The third kappa shape index (κ3) is 5.02. The molecule has 0 radical (unpaired) electrons. The van der Waals surface area contributed by atoms with Crippen LogP contribution in [0, 0.1) is 5.41 Å². The van der Waals surface area contributed by atoms with Gasteiger partial charge >= 0.3 is 0 Å². The summed E-state index contributed by atoms with van der Waals surface area (Å²) in [5.74, 6) is -0.303. The predicted octanol–water partition coefficient (Wildman–Crippen LogP) is 4.04. The highest BCUT2D eigenvalue weighted by Gasteiger charge is 2.20. The number of allylic oxidation sites excluding steroid dienone is 3. The SMILES string of the molecule is CC1=CC(NNC(=O)c2ccc(NS(=O)(=O)c3cccs3)cc2)=CC(C)(C)C1. The van der Waals surface area contributed by atoms with E-state index < -0.39 is 10.0 Å². The summed E-state index contributed by atoms with van der Waals surface area (Å²) in [5.41, 5.74) is 8.57. The molecule has 1 aliphatic carbocycles. The van der Waals surface area contributed by atoms with Crippen LogP contribution in [0.3, 0.4) is 0 Å². The molecule has 148 valence electrons. The van der Waals surface area contributed by atoms with Gasteiger partial charge in [-0.15, -0.1) is 11.3 Å². The minimum Gasteiger partial charge on any atom is -0.299 e. The lowest BCUT2D eigenvalue weighted by Crippen LogP contribution is -2.37. The van der Waals surface area contributed by atoms with E-state index in [9.17, 15) is 13.2 Å². The summed E-state index contributed by atoms with van der Waals surface area (Å²) in [4.78, 5) is 12.4. The average Bonchev–Trinajstić information content (AvgIpc) is 3.14. The fourth-order valence-electron chi connectivity index (χ4n) is 3.13. The van der Waals surface area contributed by atoms with E-state index in [-0.39, 0.29) is 15.5 Å². The first-order chi connectivity index (χ1) is 13.1. The lowest BCUT2D eigenvalue weighted by molar-refractivity contribution is 0.0939. The molecular weight excluding hydrogens is 394 g/mol. The van der Waals surface area contributed by atoms with Crippen molar-refractivity contribution >= 4 is 33.0 Å². The second-order valence-electron chi connectivity index (χ2n) is 7.45. The zero-order valence-corrected chi connectivity index (χ0v) is 17.6. The molecule has 6 nitrogen and oxygen atoms in total. The summed E-state index contributed by atoms with van der Waals surface area (Å²) >= 11 is 1.14. The van der Waals surface area contributed by atoms with Gasteiger partial charge in [-0.05, 0) is 60.5 Å². The van der Waals surface area contributed by atoms with Gasteiger partial charge in [0.25, 0.3) is 15.9 Å². The molecule has 0 bridgehead atoms. The first kappa shape index (κ1) is 20.2. The van der Waals surface area contributed by atoms with E-state index in [1.54, 1.807) is 35.7 Å². The van der Waals surface area contributed by atoms with E-state index in [0.29, 0.717) is 11.3 Å². The summed E-state index contributed by atoms with van der Waals surface area (Å²) in [7, 11) is -3.60. The van der Waals surface area contributed by atoms with Crippen LogP contribution in [0.4, 0.5) is 5.69 Å². The van der Waals surface area contributed by atoms with Crippen molar-refractivity contribution in [3.63, 3.8) is 0 Å². The number of amides is 1. The lowest BCUT2D eigenvalue weighted by atomic mass is 9.81. The van der Waals surface area contributed by atoms with Crippen molar-refractivity contribution in [1.29, 1.82) is 0 Å². The third-order valence-corrected chi connectivity index (χ3v) is 6.94. The molecule has 1 heterocycles. The van der Waals surface area contributed by atoms with Crippen molar-refractivity contribution in [2.75, 3.05) is 4.72 Å². The van der Waals surface area contributed by atoms with Crippen LogP contribution in [0.1, 0.15) is 37.6 Å². The van der Waals surface area contributed by atoms with Gasteiger partial charge in [0.1, 0.15) is 4.21 Å². The molecular formula is C20H23N3O3S2. The molecule has 0 saturated carbocycles. The largest absolute Gasteiger partial charge is 0.299 e. The van der Waals surface area contributed by atoms with Crippen LogP contribution in [-0.2, 0) is 10.0 Å². The molecule has 0 unspecified atom stereocenters. The molecule has 8 heteroatoms. The van der Waals surface area contributed by atoms with Crippen molar-refractivity contribution in [1.82, 2.24) is 10.9 Å². The number of hydrogen-bond acceptors (Lipinski definition) is 5. The summed E-state index contributed by atoms with van der Waals surface area (Å²) in [6, 6.07) is 9.49. The number of benzene rings is 1.